The highest BCUT2D eigenvalue weighted by molar-refractivity contribution is 5.74. The summed E-state index contributed by atoms with van der Waals surface area (Å²) in [5.74, 6) is 2.94. The summed E-state index contributed by atoms with van der Waals surface area (Å²) in [5, 5.41) is 10.4. The Hall–Kier alpha value is -5.25. The Morgan fingerprint density at radius 1 is 0.451 bits per heavy atom. The summed E-state index contributed by atoms with van der Waals surface area (Å²) in [6, 6.07) is 8.66. The maximum Gasteiger partial charge on any atom is 0.387 e. The Labute approximate surface area is 296 Å². The summed E-state index contributed by atoms with van der Waals surface area (Å²) < 4.78 is 50.9. The van der Waals surface area contributed by atoms with E-state index in [4.69, 9.17) is 37.9 Å². The molecule has 0 amide bonds. The molecule has 4 aromatic carbocycles. The van der Waals surface area contributed by atoms with Gasteiger partial charge in [-0.15, -0.1) is 0 Å². The van der Waals surface area contributed by atoms with Gasteiger partial charge in [-0.1, -0.05) is 27.7 Å². The Morgan fingerprint density at radius 2 is 0.667 bits per heavy atom. The molecule has 0 saturated carbocycles. The highest BCUT2D eigenvalue weighted by atomic mass is 16.7. The SMILES string of the molecule is Cc1c2c3cc4c1OCOc1c(cc5c(c1C)OC(C(=O)O)Oc1c(cc6c(c1C)OCOc1c(cc(c(c1C)OCO2)C3C)[C@@H]6C)C5C)[C@@H]4C. The van der Waals surface area contributed by atoms with Crippen LogP contribution >= 0.6 is 0 Å². The van der Waals surface area contributed by atoms with Crippen molar-refractivity contribution in [2.75, 3.05) is 20.4 Å². The molecule has 5 aliphatic rings. The summed E-state index contributed by atoms with van der Waals surface area (Å²) in [6.07, 6.45) is -1.63. The highest BCUT2D eigenvalue weighted by Gasteiger charge is 2.39. The number of hydrogen-bond acceptors (Lipinski definition) is 9. The minimum atomic E-state index is -1.63. The fourth-order valence-corrected chi connectivity index (χ4v) is 8.83. The zero-order valence-electron chi connectivity index (χ0n) is 29.9. The standard InChI is InChI=1S/C41H40O10/c1-16-24-9-26-17(2)28-11-30-19(4)31-12-29-18(3)27-10-25(16)33-21(6)35(27)47-15-49-37(29)23(8)39(31)51-41(40(42)43)50-38(30)22(7)36(28)48-14-46-34(26)20(5)32(24)44-13-45-33/h9-12,16-19,41H,13-15H2,1-8H3,(H,42,43)/t16?,17-,18+,19?,41?. The molecule has 10 heteroatoms. The molecule has 8 bridgehead atoms. The monoisotopic (exact) mass is 692 g/mol. The first-order chi connectivity index (χ1) is 24.5. The number of benzene rings is 4. The predicted molar refractivity (Wildman–Crippen MR) is 186 cm³/mol. The summed E-state index contributed by atoms with van der Waals surface area (Å²) in [5.41, 5.74) is 10.8. The number of ether oxygens (including phenoxy) is 8. The van der Waals surface area contributed by atoms with Crippen LogP contribution in [0.15, 0.2) is 24.3 Å². The zero-order chi connectivity index (χ0) is 35.6. The van der Waals surface area contributed by atoms with E-state index in [0.717, 1.165) is 67.1 Å². The molecule has 5 atom stereocenters. The van der Waals surface area contributed by atoms with Crippen LogP contribution in [0.1, 0.15) is 118 Å². The van der Waals surface area contributed by atoms with Crippen LogP contribution in [-0.2, 0) is 4.79 Å². The van der Waals surface area contributed by atoms with E-state index in [1.54, 1.807) is 0 Å². The smallest absolute Gasteiger partial charge is 0.387 e. The number of carbonyl (C=O) groups is 1. The molecular weight excluding hydrogens is 652 g/mol. The van der Waals surface area contributed by atoms with Crippen molar-refractivity contribution in [1.82, 2.24) is 0 Å². The van der Waals surface area contributed by atoms with Crippen molar-refractivity contribution >= 4 is 5.97 Å². The van der Waals surface area contributed by atoms with Gasteiger partial charge in [0.15, 0.2) is 0 Å². The summed E-state index contributed by atoms with van der Waals surface area (Å²) in [4.78, 5) is 12.7. The second kappa shape index (κ2) is 11.1. The molecule has 1 aliphatic carbocycles. The number of aliphatic carboxylic acids is 1. The molecule has 0 spiro atoms. The molecule has 4 aliphatic heterocycles. The second-order valence-electron chi connectivity index (χ2n) is 14.4. The zero-order valence-corrected chi connectivity index (χ0v) is 29.9. The van der Waals surface area contributed by atoms with Crippen molar-refractivity contribution in [3.8, 4) is 46.0 Å². The summed E-state index contributed by atoms with van der Waals surface area (Å²) in [6.45, 7) is 16.3. The lowest BCUT2D eigenvalue weighted by atomic mass is 9.78. The average molecular weight is 693 g/mol. The molecule has 0 fully saturated rings. The van der Waals surface area contributed by atoms with Gasteiger partial charge in [-0.05, 0) is 52.0 Å². The maximum atomic E-state index is 12.7. The minimum absolute atomic E-state index is 0.0155. The van der Waals surface area contributed by atoms with E-state index in [0.29, 0.717) is 45.6 Å². The van der Waals surface area contributed by atoms with Gasteiger partial charge >= 0.3 is 12.3 Å². The van der Waals surface area contributed by atoms with Crippen LogP contribution in [0.25, 0.3) is 0 Å². The third-order valence-corrected chi connectivity index (χ3v) is 11.7. The first kappa shape index (κ1) is 31.7. The number of carboxylic acids is 1. The number of carboxylic acid groups (broad SMARTS) is 1. The number of rotatable bonds is 1. The van der Waals surface area contributed by atoms with Crippen molar-refractivity contribution in [3.63, 3.8) is 0 Å². The van der Waals surface area contributed by atoms with Crippen LogP contribution in [0.4, 0.5) is 0 Å². The molecule has 0 aromatic heterocycles. The van der Waals surface area contributed by atoms with Crippen LogP contribution in [0.3, 0.4) is 0 Å². The van der Waals surface area contributed by atoms with Crippen molar-refractivity contribution in [2.24, 2.45) is 0 Å². The van der Waals surface area contributed by atoms with Crippen LogP contribution in [-0.4, -0.2) is 37.7 Å². The molecule has 3 unspecified atom stereocenters. The molecule has 4 heterocycles. The molecular formula is C41H40O10. The molecule has 9 rings (SSSR count). The summed E-state index contributed by atoms with van der Waals surface area (Å²) in [7, 11) is 0. The Morgan fingerprint density at radius 3 is 0.902 bits per heavy atom. The van der Waals surface area contributed by atoms with E-state index in [1.807, 2.05) is 27.7 Å². The van der Waals surface area contributed by atoms with Gasteiger partial charge in [-0.2, -0.15) is 0 Å². The van der Waals surface area contributed by atoms with Gasteiger partial charge in [0.25, 0.3) is 0 Å². The topological polar surface area (TPSA) is 111 Å². The fraction of sp³-hybridized carbons (Fsp3) is 0.390. The lowest BCUT2D eigenvalue weighted by molar-refractivity contribution is -0.159. The molecule has 10 nitrogen and oxygen atoms in total. The van der Waals surface area contributed by atoms with E-state index in [1.165, 1.54) is 0 Å². The Balaban J connectivity index is 1.44. The van der Waals surface area contributed by atoms with E-state index >= 15 is 0 Å². The largest absolute Gasteiger partial charge is 0.476 e. The van der Waals surface area contributed by atoms with Crippen LogP contribution in [0.5, 0.6) is 46.0 Å². The van der Waals surface area contributed by atoms with E-state index in [2.05, 4.69) is 52.0 Å². The maximum absolute atomic E-state index is 12.7. The van der Waals surface area contributed by atoms with E-state index in [9.17, 15) is 9.90 Å². The Bertz CT molecular complexity index is 2060. The first-order valence-electron chi connectivity index (χ1n) is 17.5. The third-order valence-electron chi connectivity index (χ3n) is 11.7. The van der Waals surface area contributed by atoms with Crippen LogP contribution < -0.4 is 37.9 Å². The van der Waals surface area contributed by atoms with Crippen LogP contribution in [0.2, 0.25) is 0 Å². The van der Waals surface area contributed by atoms with Crippen molar-refractivity contribution in [3.05, 3.63) is 91.0 Å². The van der Waals surface area contributed by atoms with Crippen molar-refractivity contribution in [2.45, 2.75) is 85.4 Å². The minimum Gasteiger partial charge on any atom is -0.476 e. The van der Waals surface area contributed by atoms with Crippen molar-refractivity contribution < 1.29 is 47.8 Å². The van der Waals surface area contributed by atoms with Gasteiger partial charge in [0, 0.05) is 90.4 Å². The summed E-state index contributed by atoms with van der Waals surface area (Å²) >= 11 is 0. The van der Waals surface area contributed by atoms with Gasteiger partial charge in [-0.3, -0.25) is 0 Å². The van der Waals surface area contributed by atoms with Crippen LogP contribution in [0, 0.1) is 27.7 Å². The molecule has 264 valence electrons. The van der Waals surface area contributed by atoms with Gasteiger partial charge in [-0.25, -0.2) is 4.79 Å². The lowest BCUT2D eigenvalue weighted by Gasteiger charge is -2.36. The van der Waals surface area contributed by atoms with Gasteiger partial charge in [0.05, 0.1) is 0 Å². The lowest BCUT2D eigenvalue weighted by Crippen LogP contribution is -2.35. The van der Waals surface area contributed by atoms with Gasteiger partial charge in [0.2, 0.25) is 20.4 Å². The Kier molecular flexibility index (Phi) is 6.92. The van der Waals surface area contributed by atoms with E-state index < -0.39 is 12.3 Å². The highest BCUT2D eigenvalue weighted by Crippen LogP contribution is 2.55. The first-order valence-corrected chi connectivity index (χ1v) is 17.5. The molecule has 0 saturated heterocycles. The molecule has 51 heavy (non-hydrogen) atoms. The molecule has 0 radical (unpaired) electrons. The average Bonchev–Trinajstić information content (AvgIpc) is 3.08. The predicted octanol–water partition coefficient (Wildman–Crippen LogP) is 8.21. The number of hydrogen-bond donors (Lipinski definition) is 1. The van der Waals surface area contributed by atoms with Gasteiger partial charge in [0.1, 0.15) is 46.0 Å². The van der Waals surface area contributed by atoms with Gasteiger partial charge < -0.3 is 43.0 Å². The van der Waals surface area contributed by atoms with E-state index in [-0.39, 0.29) is 44.1 Å². The van der Waals surface area contributed by atoms with Crippen molar-refractivity contribution in [1.29, 1.82) is 0 Å². The molecule has 4 aromatic rings. The third kappa shape index (κ3) is 4.37. The second-order valence-corrected chi connectivity index (χ2v) is 14.4. The quantitative estimate of drug-likeness (QED) is 0.210. The fourth-order valence-electron chi connectivity index (χ4n) is 8.83. The molecule has 1 N–H and O–H groups in total. The normalized spacial score (nSPS) is 23.1.